The Hall–Kier alpha value is -2.74. The van der Waals surface area contributed by atoms with Gasteiger partial charge in [0.25, 0.3) is 5.91 Å². The van der Waals surface area contributed by atoms with Crippen LogP contribution >= 0.6 is 22.9 Å². The number of aromatic nitrogens is 2. The number of fused-ring (bicyclic) bond motifs is 1. The molecule has 4 aromatic rings. The summed E-state index contributed by atoms with van der Waals surface area (Å²) in [6.45, 7) is 3.09. The maximum absolute atomic E-state index is 13.5. The smallest absolute Gasteiger partial charge is 0.282 e. The Morgan fingerprint density at radius 2 is 2.10 bits per heavy atom. The Morgan fingerprint density at radius 3 is 2.87 bits per heavy atom. The van der Waals surface area contributed by atoms with Crippen LogP contribution in [0.3, 0.4) is 0 Å². The van der Waals surface area contributed by atoms with Gasteiger partial charge in [-0.2, -0.15) is 0 Å². The molecule has 0 aliphatic carbocycles. The highest BCUT2D eigenvalue weighted by Crippen LogP contribution is 2.34. The summed E-state index contributed by atoms with van der Waals surface area (Å²) < 4.78 is 12.2. The van der Waals surface area contributed by atoms with Crippen LogP contribution in [0.25, 0.3) is 21.5 Å². The fraction of sp³-hybridized carbons (Fsp3) is 0.261. The van der Waals surface area contributed by atoms with Crippen LogP contribution in [-0.4, -0.2) is 35.3 Å². The molecule has 2 aromatic carbocycles. The number of nitrogens with zero attached hydrogens (tertiary/aromatic N) is 3. The first kappa shape index (κ1) is 20.2. The number of hydrogen-bond donors (Lipinski definition) is 0. The Balaban J connectivity index is 1.51. The molecule has 158 valence electrons. The molecule has 1 unspecified atom stereocenters. The van der Waals surface area contributed by atoms with Gasteiger partial charge in [-0.3, -0.25) is 9.69 Å². The monoisotopic (exact) mass is 453 g/mol. The third-order valence-electron chi connectivity index (χ3n) is 5.31. The largest absolute Gasteiger partial charge is 0.376 e. The normalized spacial score (nSPS) is 16.1. The molecule has 1 aliphatic heterocycles. The van der Waals surface area contributed by atoms with Gasteiger partial charge in [0.15, 0.2) is 16.6 Å². The van der Waals surface area contributed by atoms with Crippen LogP contribution in [0.2, 0.25) is 5.02 Å². The van der Waals surface area contributed by atoms with Crippen molar-refractivity contribution in [3.8, 4) is 11.3 Å². The van der Waals surface area contributed by atoms with Gasteiger partial charge >= 0.3 is 0 Å². The molecule has 0 saturated carbocycles. The molecule has 5 rings (SSSR count). The van der Waals surface area contributed by atoms with Crippen molar-refractivity contribution < 1.29 is 14.1 Å². The van der Waals surface area contributed by atoms with Crippen molar-refractivity contribution in [2.24, 2.45) is 0 Å². The molecule has 31 heavy (non-hydrogen) atoms. The van der Waals surface area contributed by atoms with E-state index in [1.807, 2.05) is 49.4 Å². The molecule has 0 bridgehead atoms. The maximum atomic E-state index is 13.5. The minimum absolute atomic E-state index is 0.0267. The van der Waals surface area contributed by atoms with Gasteiger partial charge < -0.3 is 9.26 Å². The van der Waals surface area contributed by atoms with E-state index in [9.17, 15) is 4.79 Å². The van der Waals surface area contributed by atoms with Crippen LogP contribution in [0.15, 0.2) is 53.1 Å². The fourth-order valence-electron chi connectivity index (χ4n) is 3.75. The predicted molar refractivity (Wildman–Crippen MR) is 122 cm³/mol. The molecule has 0 spiro atoms. The molecule has 1 atom stereocenters. The first-order valence-electron chi connectivity index (χ1n) is 10.1. The molecule has 2 aromatic heterocycles. The number of thiazole rings is 1. The minimum Gasteiger partial charge on any atom is -0.376 e. The van der Waals surface area contributed by atoms with Crippen LogP contribution < -0.4 is 4.90 Å². The van der Waals surface area contributed by atoms with Crippen molar-refractivity contribution in [2.45, 2.75) is 25.9 Å². The van der Waals surface area contributed by atoms with Gasteiger partial charge in [-0.15, -0.1) is 0 Å². The van der Waals surface area contributed by atoms with E-state index in [0.717, 1.165) is 34.2 Å². The van der Waals surface area contributed by atoms with Crippen molar-refractivity contribution in [1.82, 2.24) is 10.1 Å². The highest BCUT2D eigenvalue weighted by atomic mass is 35.5. The quantitative estimate of drug-likeness (QED) is 0.385. The van der Waals surface area contributed by atoms with Gasteiger partial charge in [0, 0.05) is 23.3 Å². The summed E-state index contributed by atoms with van der Waals surface area (Å²) in [5.74, 6) is 0.289. The van der Waals surface area contributed by atoms with Gasteiger partial charge in [0.1, 0.15) is 0 Å². The molecule has 1 amide bonds. The van der Waals surface area contributed by atoms with Crippen molar-refractivity contribution in [1.29, 1.82) is 0 Å². The van der Waals surface area contributed by atoms with E-state index in [2.05, 4.69) is 5.16 Å². The summed E-state index contributed by atoms with van der Waals surface area (Å²) in [5.41, 5.74) is 2.93. The van der Waals surface area contributed by atoms with Crippen LogP contribution in [0.1, 0.15) is 28.9 Å². The summed E-state index contributed by atoms with van der Waals surface area (Å²) in [4.78, 5) is 19.9. The number of amides is 1. The third kappa shape index (κ3) is 4.08. The topological polar surface area (TPSA) is 68.5 Å². The lowest BCUT2D eigenvalue weighted by Crippen LogP contribution is -2.37. The number of halogens is 1. The lowest BCUT2D eigenvalue weighted by molar-refractivity contribution is 0.0910. The third-order valence-corrected chi connectivity index (χ3v) is 6.56. The van der Waals surface area contributed by atoms with E-state index in [1.54, 1.807) is 11.0 Å². The van der Waals surface area contributed by atoms with E-state index in [4.69, 9.17) is 25.8 Å². The van der Waals surface area contributed by atoms with Crippen molar-refractivity contribution in [3.63, 3.8) is 0 Å². The summed E-state index contributed by atoms with van der Waals surface area (Å²) in [7, 11) is 0. The molecule has 3 heterocycles. The number of benzene rings is 2. The summed E-state index contributed by atoms with van der Waals surface area (Å²) >= 11 is 7.66. The summed E-state index contributed by atoms with van der Waals surface area (Å²) in [5, 5.41) is 5.30. The van der Waals surface area contributed by atoms with Crippen molar-refractivity contribution >= 4 is 44.2 Å². The fourth-order valence-corrected chi connectivity index (χ4v) is 5.18. The predicted octanol–water partition coefficient (Wildman–Crippen LogP) is 5.74. The second-order valence-electron chi connectivity index (χ2n) is 7.56. The second kappa shape index (κ2) is 8.42. The SMILES string of the molecule is Cc1cc(Cl)cc2sc(N(CC3CCCO3)C(=O)c3cc(-c4ccccc4)on3)nc12. The van der Waals surface area contributed by atoms with Crippen molar-refractivity contribution in [2.75, 3.05) is 18.1 Å². The van der Waals surface area contributed by atoms with Crippen LogP contribution in [0.5, 0.6) is 0 Å². The molecular weight excluding hydrogens is 434 g/mol. The van der Waals surface area contributed by atoms with Crippen LogP contribution in [0, 0.1) is 6.92 Å². The van der Waals surface area contributed by atoms with Gasteiger partial charge in [0.2, 0.25) is 0 Å². The van der Waals surface area contributed by atoms with E-state index in [0.29, 0.717) is 29.1 Å². The molecular formula is C23H20ClN3O3S. The zero-order valence-corrected chi connectivity index (χ0v) is 18.4. The van der Waals surface area contributed by atoms with Crippen molar-refractivity contribution in [3.05, 3.63) is 64.8 Å². The first-order chi connectivity index (χ1) is 15.1. The molecule has 1 fully saturated rings. The average molecular weight is 454 g/mol. The molecule has 1 saturated heterocycles. The van der Waals surface area contributed by atoms with E-state index in [1.165, 1.54) is 11.3 Å². The number of carbonyl (C=O) groups excluding carboxylic acids is 1. The maximum Gasteiger partial charge on any atom is 0.282 e. The number of ether oxygens (including phenoxy) is 1. The molecule has 1 aliphatic rings. The summed E-state index contributed by atoms with van der Waals surface area (Å²) in [6.07, 6.45) is 1.87. The van der Waals surface area contributed by atoms with E-state index >= 15 is 0 Å². The van der Waals surface area contributed by atoms with Gasteiger partial charge in [-0.1, -0.05) is 58.4 Å². The number of hydrogen-bond acceptors (Lipinski definition) is 6. The van der Waals surface area contributed by atoms with Crippen LogP contribution in [-0.2, 0) is 4.74 Å². The second-order valence-corrected chi connectivity index (χ2v) is 9.00. The number of aryl methyl sites for hydroxylation is 1. The molecule has 8 heteroatoms. The average Bonchev–Trinajstić information content (AvgIpc) is 3.52. The zero-order valence-electron chi connectivity index (χ0n) is 16.9. The Morgan fingerprint density at radius 1 is 1.26 bits per heavy atom. The first-order valence-corrected chi connectivity index (χ1v) is 11.3. The minimum atomic E-state index is -0.260. The standard InChI is InChI=1S/C23H20ClN3O3S/c1-14-10-16(24)11-20-21(14)25-23(31-20)27(13-17-8-5-9-29-17)22(28)18-12-19(30-26-18)15-6-3-2-4-7-15/h2-4,6-7,10-12,17H,5,8-9,13H2,1H3. The highest BCUT2D eigenvalue weighted by molar-refractivity contribution is 7.22. The zero-order chi connectivity index (χ0) is 21.4. The molecule has 6 nitrogen and oxygen atoms in total. The molecule has 0 N–H and O–H groups in total. The Labute approximate surface area is 188 Å². The highest BCUT2D eigenvalue weighted by Gasteiger charge is 2.29. The Bertz CT molecular complexity index is 1230. The van der Waals surface area contributed by atoms with Gasteiger partial charge in [0.05, 0.1) is 22.9 Å². The lowest BCUT2D eigenvalue weighted by Gasteiger charge is -2.21. The van der Waals surface area contributed by atoms with Gasteiger partial charge in [-0.05, 0) is 37.5 Å². The molecule has 0 radical (unpaired) electrons. The number of anilines is 1. The van der Waals surface area contributed by atoms with E-state index < -0.39 is 0 Å². The number of carbonyl (C=O) groups is 1. The lowest BCUT2D eigenvalue weighted by atomic mass is 10.1. The Kier molecular flexibility index (Phi) is 5.48. The van der Waals surface area contributed by atoms with E-state index in [-0.39, 0.29) is 17.7 Å². The van der Waals surface area contributed by atoms with Gasteiger partial charge in [-0.25, -0.2) is 4.98 Å². The van der Waals surface area contributed by atoms with Crippen LogP contribution in [0.4, 0.5) is 5.13 Å². The number of rotatable bonds is 5. The summed E-state index contributed by atoms with van der Waals surface area (Å²) in [6, 6.07) is 15.0.